The number of nitrogens with one attached hydrogen (secondary N) is 2. The Hall–Kier alpha value is -1.72. The quantitative estimate of drug-likeness (QED) is 0.868. The Morgan fingerprint density at radius 2 is 1.95 bits per heavy atom. The SMILES string of the molecule is CCCNc1ccc(C(F)(F)F)cc1C(=O)NC(C)C. The maximum absolute atomic E-state index is 12.7. The predicted octanol–water partition coefficient (Wildman–Crippen LogP) is 3.67. The Bertz CT molecular complexity index is 470. The maximum Gasteiger partial charge on any atom is 0.416 e. The topological polar surface area (TPSA) is 41.1 Å². The van der Waals surface area contributed by atoms with Crippen LogP contribution in [0.2, 0.25) is 0 Å². The molecule has 1 aromatic rings. The molecule has 0 spiro atoms. The average Bonchev–Trinajstić information content (AvgIpc) is 2.34. The fourth-order valence-corrected chi connectivity index (χ4v) is 1.66. The van der Waals surface area contributed by atoms with Crippen LogP contribution in [0.3, 0.4) is 0 Å². The van der Waals surface area contributed by atoms with E-state index in [0.29, 0.717) is 12.2 Å². The molecular formula is C14H19F3N2O. The zero-order chi connectivity index (χ0) is 15.3. The van der Waals surface area contributed by atoms with Crippen LogP contribution in [0, 0.1) is 0 Å². The van der Waals surface area contributed by atoms with Crippen molar-refractivity contribution in [3.05, 3.63) is 29.3 Å². The van der Waals surface area contributed by atoms with E-state index in [2.05, 4.69) is 10.6 Å². The van der Waals surface area contributed by atoms with Gasteiger partial charge in [-0.3, -0.25) is 4.79 Å². The number of carbonyl (C=O) groups excluding carboxylic acids is 1. The largest absolute Gasteiger partial charge is 0.416 e. The van der Waals surface area contributed by atoms with E-state index in [9.17, 15) is 18.0 Å². The standard InChI is InChI=1S/C14H19F3N2O/c1-4-7-18-12-6-5-10(14(15,16)17)8-11(12)13(20)19-9(2)3/h5-6,8-9,18H,4,7H2,1-3H3,(H,19,20). The Balaban J connectivity index is 3.15. The van der Waals surface area contributed by atoms with E-state index in [1.165, 1.54) is 6.07 Å². The average molecular weight is 288 g/mol. The fourth-order valence-electron chi connectivity index (χ4n) is 1.66. The van der Waals surface area contributed by atoms with Gasteiger partial charge in [0.1, 0.15) is 0 Å². The van der Waals surface area contributed by atoms with Gasteiger partial charge in [-0.15, -0.1) is 0 Å². The fraction of sp³-hybridized carbons (Fsp3) is 0.500. The minimum atomic E-state index is -4.46. The third-order valence-electron chi connectivity index (χ3n) is 2.58. The monoisotopic (exact) mass is 288 g/mol. The molecule has 1 rings (SSSR count). The molecule has 0 saturated heterocycles. The third-order valence-corrected chi connectivity index (χ3v) is 2.58. The minimum Gasteiger partial charge on any atom is -0.384 e. The van der Waals surface area contributed by atoms with E-state index in [1.807, 2.05) is 6.92 Å². The van der Waals surface area contributed by atoms with Crippen molar-refractivity contribution in [3.63, 3.8) is 0 Å². The zero-order valence-corrected chi connectivity index (χ0v) is 11.8. The van der Waals surface area contributed by atoms with Gasteiger partial charge in [-0.05, 0) is 38.5 Å². The molecule has 0 aliphatic carbocycles. The summed E-state index contributed by atoms with van der Waals surface area (Å²) in [5, 5.41) is 5.58. The number of halogens is 3. The number of hydrogen-bond acceptors (Lipinski definition) is 2. The van der Waals surface area contributed by atoms with Crippen molar-refractivity contribution in [1.29, 1.82) is 0 Å². The number of amides is 1. The first-order chi connectivity index (χ1) is 9.25. The smallest absolute Gasteiger partial charge is 0.384 e. The Kier molecular flexibility index (Phi) is 5.42. The van der Waals surface area contributed by atoms with Crippen LogP contribution in [0.1, 0.15) is 43.1 Å². The molecule has 0 aromatic heterocycles. The minimum absolute atomic E-state index is 0.0157. The molecule has 20 heavy (non-hydrogen) atoms. The molecule has 0 atom stereocenters. The van der Waals surface area contributed by atoms with E-state index >= 15 is 0 Å². The van der Waals surface area contributed by atoms with Crippen molar-refractivity contribution in [2.45, 2.75) is 39.4 Å². The van der Waals surface area contributed by atoms with Gasteiger partial charge in [0.05, 0.1) is 11.1 Å². The summed E-state index contributed by atoms with van der Waals surface area (Å²) in [6.45, 7) is 6.04. The lowest BCUT2D eigenvalue weighted by atomic mass is 10.1. The summed E-state index contributed by atoms with van der Waals surface area (Å²) in [5.74, 6) is -0.510. The summed E-state index contributed by atoms with van der Waals surface area (Å²) in [5.41, 5.74) is -0.395. The number of alkyl halides is 3. The van der Waals surface area contributed by atoms with Gasteiger partial charge in [0.25, 0.3) is 5.91 Å². The number of hydrogen-bond donors (Lipinski definition) is 2. The van der Waals surface area contributed by atoms with Crippen molar-refractivity contribution in [2.75, 3.05) is 11.9 Å². The van der Waals surface area contributed by atoms with Gasteiger partial charge in [0.15, 0.2) is 0 Å². The predicted molar refractivity (Wildman–Crippen MR) is 72.8 cm³/mol. The molecule has 0 heterocycles. The maximum atomic E-state index is 12.7. The van der Waals surface area contributed by atoms with Gasteiger partial charge in [-0.1, -0.05) is 6.92 Å². The van der Waals surface area contributed by atoms with E-state index in [0.717, 1.165) is 18.6 Å². The first kappa shape index (κ1) is 16.3. The van der Waals surface area contributed by atoms with Gasteiger partial charge in [0.2, 0.25) is 0 Å². The molecule has 0 aliphatic rings. The summed E-state index contributed by atoms with van der Waals surface area (Å²) in [7, 11) is 0. The molecule has 0 radical (unpaired) electrons. The lowest BCUT2D eigenvalue weighted by molar-refractivity contribution is -0.137. The Labute approximate surface area is 116 Å². The first-order valence-electron chi connectivity index (χ1n) is 6.51. The van der Waals surface area contributed by atoms with Gasteiger partial charge in [0, 0.05) is 18.3 Å². The molecule has 6 heteroatoms. The molecule has 0 bridgehead atoms. The van der Waals surface area contributed by atoms with Crippen LogP contribution >= 0.6 is 0 Å². The Morgan fingerprint density at radius 3 is 2.45 bits per heavy atom. The van der Waals surface area contributed by atoms with Crippen LogP contribution < -0.4 is 10.6 Å². The third kappa shape index (κ3) is 4.43. The highest BCUT2D eigenvalue weighted by molar-refractivity contribution is 6.00. The van der Waals surface area contributed by atoms with E-state index < -0.39 is 17.6 Å². The molecule has 0 saturated carbocycles. The second kappa shape index (κ2) is 6.63. The van der Waals surface area contributed by atoms with Gasteiger partial charge >= 0.3 is 6.18 Å². The molecule has 112 valence electrons. The highest BCUT2D eigenvalue weighted by atomic mass is 19.4. The summed E-state index contributed by atoms with van der Waals surface area (Å²) in [4.78, 5) is 12.0. The van der Waals surface area contributed by atoms with Crippen LogP contribution in [-0.4, -0.2) is 18.5 Å². The molecule has 0 aliphatic heterocycles. The van der Waals surface area contributed by atoms with E-state index in [1.54, 1.807) is 13.8 Å². The molecular weight excluding hydrogens is 269 g/mol. The van der Waals surface area contributed by atoms with Crippen molar-refractivity contribution in [3.8, 4) is 0 Å². The number of carbonyl (C=O) groups is 1. The van der Waals surface area contributed by atoms with E-state index in [-0.39, 0.29) is 11.6 Å². The molecule has 0 unspecified atom stereocenters. The zero-order valence-electron chi connectivity index (χ0n) is 11.8. The number of benzene rings is 1. The van der Waals surface area contributed by atoms with Crippen molar-refractivity contribution in [2.24, 2.45) is 0 Å². The van der Waals surface area contributed by atoms with Gasteiger partial charge < -0.3 is 10.6 Å². The van der Waals surface area contributed by atoms with Gasteiger partial charge in [-0.25, -0.2) is 0 Å². The summed E-state index contributed by atoms with van der Waals surface area (Å²) in [6, 6.07) is 3.02. The van der Waals surface area contributed by atoms with Crippen molar-refractivity contribution < 1.29 is 18.0 Å². The van der Waals surface area contributed by atoms with Gasteiger partial charge in [-0.2, -0.15) is 13.2 Å². The van der Waals surface area contributed by atoms with Crippen molar-refractivity contribution in [1.82, 2.24) is 5.32 Å². The molecule has 1 aromatic carbocycles. The summed E-state index contributed by atoms with van der Waals surface area (Å²) >= 11 is 0. The highest BCUT2D eigenvalue weighted by Gasteiger charge is 2.31. The van der Waals surface area contributed by atoms with Crippen LogP contribution in [0.4, 0.5) is 18.9 Å². The molecule has 2 N–H and O–H groups in total. The second-order valence-electron chi connectivity index (χ2n) is 4.81. The normalized spacial score (nSPS) is 11.6. The second-order valence-corrected chi connectivity index (χ2v) is 4.81. The van der Waals surface area contributed by atoms with Crippen LogP contribution in [0.5, 0.6) is 0 Å². The van der Waals surface area contributed by atoms with Crippen LogP contribution in [0.25, 0.3) is 0 Å². The highest BCUT2D eigenvalue weighted by Crippen LogP contribution is 2.31. The Morgan fingerprint density at radius 1 is 1.30 bits per heavy atom. The van der Waals surface area contributed by atoms with Crippen LogP contribution in [-0.2, 0) is 6.18 Å². The lowest BCUT2D eigenvalue weighted by Gasteiger charge is -2.16. The van der Waals surface area contributed by atoms with Crippen molar-refractivity contribution >= 4 is 11.6 Å². The van der Waals surface area contributed by atoms with E-state index in [4.69, 9.17) is 0 Å². The lowest BCUT2D eigenvalue weighted by Crippen LogP contribution is -2.31. The first-order valence-corrected chi connectivity index (χ1v) is 6.51. The molecule has 0 fully saturated rings. The number of anilines is 1. The summed E-state index contributed by atoms with van der Waals surface area (Å²) < 4.78 is 38.2. The summed E-state index contributed by atoms with van der Waals surface area (Å²) in [6.07, 6.45) is -3.65. The molecule has 1 amide bonds. The number of rotatable bonds is 5. The molecule has 3 nitrogen and oxygen atoms in total. The van der Waals surface area contributed by atoms with Crippen LogP contribution in [0.15, 0.2) is 18.2 Å².